The number of carbonyl (C=O) groups is 2. The van der Waals surface area contributed by atoms with E-state index in [9.17, 15) is 9.59 Å². The molecule has 3 aromatic rings. The summed E-state index contributed by atoms with van der Waals surface area (Å²) in [6.45, 7) is 4.57. The monoisotopic (exact) mass is 555 g/mol. The number of aromatic nitrogens is 4. The summed E-state index contributed by atoms with van der Waals surface area (Å²) < 4.78 is 0. The Morgan fingerprint density at radius 2 is 1.87 bits per heavy atom. The van der Waals surface area contributed by atoms with E-state index in [2.05, 4.69) is 42.6 Å². The van der Waals surface area contributed by atoms with Crippen molar-refractivity contribution in [1.82, 2.24) is 30.8 Å². The van der Waals surface area contributed by atoms with E-state index in [0.29, 0.717) is 46.0 Å². The number of rotatable bonds is 6. The molecule has 4 N–H and O–H groups in total. The first-order valence-electron chi connectivity index (χ1n) is 12.2. The second kappa shape index (κ2) is 10.7. The van der Waals surface area contributed by atoms with E-state index >= 15 is 0 Å². The van der Waals surface area contributed by atoms with E-state index in [0.717, 1.165) is 37.4 Å². The number of anilines is 3. The van der Waals surface area contributed by atoms with Gasteiger partial charge in [0.15, 0.2) is 11.6 Å². The van der Waals surface area contributed by atoms with Gasteiger partial charge in [0, 0.05) is 43.7 Å². The Kier molecular flexibility index (Phi) is 7.33. The maximum Gasteiger partial charge on any atom is 0.329 e. The molecule has 2 aliphatic heterocycles. The Bertz CT molecular complexity index is 1360. The van der Waals surface area contributed by atoms with Crippen molar-refractivity contribution in [3.63, 3.8) is 0 Å². The number of benzene rings is 1. The third kappa shape index (κ3) is 5.50. The van der Waals surface area contributed by atoms with E-state index in [1.807, 2.05) is 12.1 Å². The molecule has 0 spiro atoms. The molecule has 2 aliphatic rings. The second-order valence-corrected chi connectivity index (χ2v) is 10.4. The van der Waals surface area contributed by atoms with Crippen molar-refractivity contribution in [3.05, 3.63) is 52.3 Å². The van der Waals surface area contributed by atoms with Gasteiger partial charge in [-0.1, -0.05) is 35.3 Å². The van der Waals surface area contributed by atoms with E-state index in [4.69, 9.17) is 28.9 Å². The van der Waals surface area contributed by atoms with Crippen molar-refractivity contribution in [2.24, 2.45) is 0 Å². The molecule has 0 saturated carbocycles. The molecule has 0 radical (unpaired) electrons. The van der Waals surface area contributed by atoms with Gasteiger partial charge in [-0.2, -0.15) is 5.10 Å². The summed E-state index contributed by atoms with van der Waals surface area (Å²) in [6.07, 6.45) is 3.72. The molecule has 2 fully saturated rings. The minimum absolute atomic E-state index is 0.100. The van der Waals surface area contributed by atoms with Crippen LogP contribution in [0.4, 0.5) is 22.2 Å². The van der Waals surface area contributed by atoms with Crippen LogP contribution >= 0.6 is 23.2 Å². The number of hydrogen-bond acceptors (Lipinski definition) is 9. The van der Waals surface area contributed by atoms with E-state index in [1.54, 1.807) is 24.4 Å². The molecular formula is C25H27Cl2N9O2. The number of halogens is 2. The minimum atomic E-state index is -0.477. The summed E-state index contributed by atoms with van der Waals surface area (Å²) >= 11 is 12.5. The van der Waals surface area contributed by atoms with Crippen LogP contribution in [0.2, 0.25) is 10.0 Å². The van der Waals surface area contributed by atoms with Crippen LogP contribution in [0.5, 0.6) is 0 Å². The molecule has 0 unspecified atom stereocenters. The fourth-order valence-electron chi connectivity index (χ4n) is 4.52. The number of nitrogens with one attached hydrogen (secondary N) is 2. The van der Waals surface area contributed by atoms with Gasteiger partial charge in [0.05, 0.1) is 21.9 Å². The van der Waals surface area contributed by atoms with Crippen LogP contribution in [0.1, 0.15) is 31.9 Å². The minimum Gasteiger partial charge on any atom is -0.382 e. The number of imide groups is 1. The quantitative estimate of drug-likeness (QED) is 0.416. The Balaban J connectivity index is 1.17. The lowest BCUT2D eigenvalue weighted by Gasteiger charge is -2.40. The highest BCUT2D eigenvalue weighted by molar-refractivity contribution is 6.43. The molecule has 2 saturated heterocycles. The van der Waals surface area contributed by atoms with Crippen molar-refractivity contribution in [2.45, 2.75) is 38.3 Å². The van der Waals surface area contributed by atoms with Gasteiger partial charge in [0.25, 0.3) is 0 Å². The number of urea groups is 1. The van der Waals surface area contributed by atoms with Crippen molar-refractivity contribution >= 4 is 52.6 Å². The first kappa shape index (κ1) is 26.1. The standard InChI is InChI=1S/C25H27Cl2N9O2/c1-25(30-13-15-5-6-18(34-33-15)36-10-7-20(37)32-24(36)38)8-11-35(12-9-25)19-14-29-22(23(28)31-19)16-3-2-4-17(26)21(16)27/h2-6,14,30H,7-13H2,1H3,(H2,28,31)(H,32,37,38). The van der Waals surface area contributed by atoms with Crippen molar-refractivity contribution < 1.29 is 9.59 Å². The number of nitrogens with zero attached hydrogens (tertiary/aromatic N) is 6. The van der Waals surface area contributed by atoms with Crippen molar-refractivity contribution in [1.29, 1.82) is 0 Å². The van der Waals surface area contributed by atoms with Gasteiger partial charge in [-0.3, -0.25) is 15.0 Å². The fourth-order valence-corrected chi connectivity index (χ4v) is 4.91. The first-order valence-corrected chi connectivity index (χ1v) is 13.0. The van der Waals surface area contributed by atoms with Gasteiger partial charge in [-0.15, -0.1) is 5.10 Å². The Hall–Kier alpha value is -3.54. The van der Waals surface area contributed by atoms with Crippen LogP contribution in [-0.4, -0.2) is 57.3 Å². The van der Waals surface area contributed by atoms with Crippen LogP contribution < -0.4 is 26.2 Å². The van der Waals surface area contributed by atoms with Crippen LogP contribution in [0.3, 0.4) is 0 Å². The third-order valence-corrected chi connectivity index (χ3v) is 7.74. The lowest BCUT2D eigenvalue weighted by atomic mass is 9.89. The van der Waals surface area contributed by atoms with Crippen molar-refractivity contribution in [3.8, 4) is 11.3 Å². The summed E-state index contributed by atoms with van der Waals surface area (Å²) in [4.78, 5) is 36.1. The van der Waals surface area contributed by atoms with Crippen LogP contribution in [0, 0.1) is 0 Å². The largest absolute Gasteiger partial charge is 0.382 e. The number of amides is 3. The molecule has 198 valence electrons. The predicted octanol–water partition coefficient (Wildman–Crippen LogP) is 3.42. The third-order valence-electron chi connectivity index (χ3n) is 6.92. The average molecular weight is 556 g/mol. The molecule has 38 heavy (non-hydrogen) atoms. The Morgan fingerprint density at radius 1 is 1.08 bits per heavy atom. The van der Waals surface area contributed by atoms with Crippen LogP contribution in [-0.2, 0) is 11.3 Å². The number of hydrogen-bond donors (Lipinski definition) is 3. The first-order chi connectivity index (χ1) is 18.2. The SMILES string of the molecule is CC1(NCc2ccc(N3CCC(=O)NC3=O)nn2)CCN(c2cnc(-c3cccc(Cl)c3Cl)c(N)n2)CC1. The van der Waals surface area contributed by atoms with Gasteiger partial charge in [-0.25, -0.2) is 14.8 Å². The zero-order valence-corrected chi connectivity index (χ0v) is 22.3. The highest BCUT2D eigenvalue weighted by Crippen LogP contribution is 2.35. The maximum atomic E-state index is 12.0. The lowest BCUT2D eigenvalue weighted by molar-refractivity contribution is -0.120. The molecule has 5 rings (SSSR count). The maximum absolute atomic E-state index is 12.0. The van der Waals surface area contributed by atoms with Gasteiger partial charge >= 0.3 is 6.03 Å². The van der Waals surface area contributed by atoms with Gasteiger partial charge in [-0.05, 0) is 38.0 Å². The summed E-state index contributed by atoms with van der Waals surface area (Å²) in [5, 5.41) is 15.2. The number of nitrogens with two attached hydrogens (primary N) is 1. The lowest BCUT2D eigenvalue weighted by Crippen LogP contribution is -2.51. The van der Waals surface area contributed by atoms with Crippen LogP contribution in [0.25, 0.3) is 11.3 Å². The van der Waals surface area contributed by atoms with Crippen LogP contribution in [0.15, 0.2) is 36.5 Å². The number of nitrogen functional groups attached to an aromatic ring is 1. The van der Waals surface area contributed by atoms with Gasteiger partial charge in [0.2, 0.25) is 5.91 Å². The topological polar surface area (TPSA) is 142 Å². The molecule has 4 heterocycles. The van der Waals surface area contributed by atoms with Gasteiger partial charge < -0.3 is 16.0 Å². The summed E-state index contributed by atoms with van der Waals surface area (Å²) in [5.74, 6) is 1.15. The highest BCUT2D eigenvalue weighted by atomic mass is 35.5. The molecule has 2 aromatic heterocycles. The zero-order chi connectivity index (χ0) is 26.9. The number of piperidine rings is 1. The second-order valence-electron chi connectivity index (χ2n) is 9.60. The Morgan fingerprint density at radius 3 is 2.55 bits per heavy atom. The highest BCUT2D eigenvalue weighted by Gasteiger charge is 2.31. The molecule has 1 aromatic carbocycles. The smallest absolute Gasteiger partial charge is 0.329 e. The van der Waals surface area contributed by atoms with Gasteiger partial charge in [0.1, 0.15) is 11.5 Å². The molecular weight excluding hydrogens is 529 g/mol. The molecule has 0 atom stereocenters. The average Bonchev–Trinajstić information content (AvgIpc) is 2.90. The van der Waals surface area contributed by atoms with E-state index < -0.39 is 6.03 Å². The molecule has 11 nitrogen and oxygen atoms in total. The van der Waals surface area contributed by atoms with E-state index in [1.165, 1.54) is 4.90 Å². The normalized spacial score (nSPS) is 17.4. The Labute approximate surface area is 229 Å². The molecule has 0 aliphatic carbocycles. The summed E-state index contributed by atoms with van der Waals surface area (Å²) in [5.41, 5.74) is 8.07. The predicted molar refractivity (Wildman–Crippen MR) is 146 cm³/mol. The molecule has 13 heteroatoms. The summed E-state index contributed by atoms with van der Waals surface area (Å²) in [6, 6.07) is 8.43. The summed E-state index contributed by atoms with van der Waals surface area (Å²) in [7, 11) is 0. The fraction of sp³-hybridized carbons (Fsp3) is 0.360. The molecule has 3 amide bonds. The molecule has 0 bridgehead atoms. The number of carbonyl (C=O) groups excluding carboxylic acids is 2. The van der Waals surface area contributed by atoms with E-state index in [-0.39, 0.29) is 17.9 Å². The zero-order valence-electron chi connectivity index (χ0n) is 20.7. The van der Waals surface area contributed by atoms with Crippen molar-refractivity contribution in [2.75, 3.05) is 35.2 Å².